The molecule has 6 heteroatoms. The third-order valence-corrected chi connectivity index (χ3v) is 46.6. The molecular formula is C126H94N2Si4. The van der Waals surface area contributed by atoms with Crippen LogP contribution in [-0.2, 0) is 0 Å². The molecule has 22 aromatic rings. The Morgan fingerprint density at radius 1 is 0.114 bits per heavy atom. The Balaban J connectivity index is 0.794. The second kappa shape index (κ2) is 36.0. The topological polar surface area (TPSA) is 6.48 Å². The summed E-state index contributed by atoms with van der Waals surface area (Å²) < 4.78 is 0. The molecule has 0 aromatic heterocycles. The molecule has 0 unspecified atom stereocenters. The number of fused-ring (bicyclic) bond motifs is 5. The molecule has 0 aliphatic rings. The molecule has 0 bridgehead atoms. The summed E-state index contributed by atoms with van der Waals surface area (Å²) in [7, 11) is -12.1. The lowest BCUT2D eigenvalue weighted by atomic mass is 9.92. The van der Waals surface area contributed by atoms with Crippen molar-refractivity contribution in [1.29, 1.82) is 0 Å². The lowest BCUT2D eigenvalue weighted by Gasteiger charge is -2.36. The Kier molecular flexibility index (Phi) is 22.3. The van der Waals surface area contributed by atoms with Crippen molar-refractivity contribution in [2.75, 3.05) is 9.80 Å². The third-order valence-electron chi connectivity index (χ3n) is 27.4. The van der Waals surface area contributed by atoms with Gasteiger partial charge in [-0.1, -0.05) is 522 Å². The molecule has 22 aromatic carbocycles. The van der Waals surface area contributed by atoms with Crippen LogP contribution in [0.5, 0.6) is 0 Å². The number of nitrogens with zero attached hydrogens (tertiary/aromatic N) is 2. The van der Waals surface area contributed by atoms with E-state index in [1.54, 1.807) is 0 Å². The maximum Gasteiger partial charge on any atom is 0.179 e. The highest BCUT2D eigenvalue weighted by atomic mass is 28.3. The van der Waals surface area contributed by atoms with Crippen molar-refractivity contribution in [2.45, 2.75) is 0 Å². The first kappa shape index (κ1) is 81.8. The monoisotopic (exact) mass is 1750 g/mol. The molecule has 0 atom stereocenters. The van der Waals surface area contributed by atoms with Crippen LogP contribution in [-0.4, -0.2) is 32.3 Å². The lowest BCUT2D eigenvalue weighted by Crippen LogP contribution is -2.74. The molecule has 624 valence electrons. The second-order valence-electron chi connectivity index (χ2n) is 34.3. The van der Waals surface area contributed by atoms with Gasteiger partial charge in [0.25, 0.3) is 0 Å². The van der Waals surface area contributed by atoms with E-state index in [1.807, 2.05) is 0 Å². The van der Waals surface area contributed by atoms with Crippen molar-refractivity contribution in [1.82, 2.24) is 0 Å². The van der Waals surface area contributed by atoms with Crippen molar-refractivity contribution in [3.05, 3.63) is 570 Å². The van der Waals surface area contributed by atoms with Gasteiger partial charge in [0.2, 0.25) is 0 Å². The van der Waals surface area contributed by atoms with Crippen LogP contribution in [0.1, 0.15) is 0 Å². The number of benzene rings is 22. The fraction of sp³-hybridized carbons (Fsp3) is 0. The standard InChI is InChI=1S/C126H94N2Si4/c1-13-49-99(50-14-1)129(100-51-15-2-16-52-100,101-53-17-3-18-54-101)111-87-83-95(84-88-111)115-75-41-43-81-123(115)127(97-47-45-73-113(91-97)131(105-61-25-7-26-62-105,106-63-27-8-28-64-106)107-65-29-9-30-66-107)125-93-121-118-78-38-40-80-120(118)126(94-122(121)117-77-37-39-79-119(117)125)128(98-48-46-74-114(92-98)132(108-67-31-10-32-68-108,109-69-33-11-34-70-109)110-71-35-12-36-72-110)124-82-44-42-76-116(124)96-85-89-112(90-86-96)130(102-55-19-4-20-56-102,103-57-21-5-22-58-103)104-59-23-6-24-60-104/h1-94H. The third kappa shape index (κ3) is 14.2. The van der Waals surface area contributed by atoms with Crippen molar-refractivity contribution in [3.63, 3.8) is 0 Å². The largest absolute Gasteiger partial charge is 0.309 e. The van der Waals surface area contributed by atoms with E-state index in [2.05, 4.69) is 580 Å². The van der Waals surface area contributed by atoms with E-state index in [9.17, 15) is 0 Å². The molecule has 0 spiro atoms. The summed E-state index contributed by atoms with van der Waals surface area (Å²) in [5.74, 6) is 0. The zero-order chi connectivity index (χ0) is 88.1. The van der Waals surface area contributed by atoms with Crippen LogP contribution in [0, 0.1) is 0 Å². The van der Waals surface area contributed by atoms with Gasteiger partial charge in [0.05, 0.1) is 22.7 Å². The van der Waals surface area contributed by atoms with Gasteiger partial charge in [-0.25, -0.2) is 0 Å². The van der Waals surface area contributed by atoms with Gasteiger partial charge < -0.3 is 9.80 Å². The molecule has 132 heavy (non-hydrogen) atoms. The van der Waals surface area contributed by atoms with Crippen LogP contribution in [0.15, 0.2) is 570 Å². The predicted molar refractivity (Wildman–Crippen MR) is 574 cm³/mol. The van der Waals surface area contributed by atoms with Gasteiger partial charge in [-0.3, -0.25) is 0 Å². The fourth-order valence-corrected chi connectivity index (χ4v) is 40.8. The summed E-state index contributed by atoms with van der Waals surface area (Å²) in [6.45, 7) is 0. The average molecular weight is 1750 g/mol. The SMILES string of the molecule is c1ccc([Si](c2ccccc2)(c2ccccc2)c2ccc(-c3ccccc3N(c3cccc([Si](c4ccccc4)(c4ccccc4)c4ccccc4)c3)c3cc4c5ccccc5c(N(c5cccc([Si](c6ccccc6)(c6ccccc6)c6ccccc6)c5)c5ccccc5-c5ccc([Si](c6ccccc6)(c6ccccc6)c6ccccc6)cc5)cc4c4ccccc34)cc2)cc1. The summed E-state index contributed by atoms with van der Waals surface area (Å²) in [6, 6.07) is 216. The van der Waals surface area contributed by atoms with E-state index < -0.39 is 32.3 Å². The lowest BCUT2D eigenvalue weighted by molar-refractivity contribution is 1.30. The average Bonchev–Trinajstić information content (AvgIpc) is 0.754. The number of hydrogen-bond donors (Lipinski definition) is 0. The number of hydrogen-bond acceptors (Lipinski definition) is 2. The summed E-state index contributed by atoms with van der Waals surface area (Å²) in [6.07, 6.45) is 0. The van der Waals surface area contributed by atoms with Crippen LogP contribution in [0.2, 0.25) is 0 Å². The minimum Gasteiger partial charge on any atom is -0.309 e. The molecule has 0 N–H and O–H groups in total. The molecule has 0 saturated heterocycles. The second-order valence-corrected chi connectivity index (χ2v) is 49.6. The van der Waals surface area contributed by atoms with E-state index in [4.69, 9.17) is 0 Å². The molecule has 0 heterocycles. The first-order valence-corrected chi connectivity index (χ1v) is 53.8. The minimum absolute atomic E-state index is 1.05. The zero-order valence-electron chi connectivity index (χ0n) is 73.2. The van der Waals surface area contributed by atoms with Crippen molar-refractivity contribution >= 4 is 182 Å². The van der Waals surface area contributed by atoms with Crippen molar-refractivity contribution in [3.8, 4) is 22.3 Å². The quantitative estimate of drug-likeness (QED) is 0.0338. The summed E-state index contributed by atoms with van der Waals surface area (Å²) in [5, 5.41) is 27.8. The summed E-state index contributed by atoms with van der Waals surface area (Å²) in [4.78, 5) is 5.23. The van der Waals surface area contributed by atoms with Gasteiger partial charge in [0, 0.05) is 33.3 Å². The Hall–Kier alpha value is -15.9. The molecule has 0 amide bonds. The highest BCUT2D eigenvalue weighted by Gasteiger charge is 2.46. The van der Waals surface area contributed by atoms with E-state index in [0.717, 1.165) is 88.7 Å². The molecule has 0 aliphatic heterocycles. The number of para-hydroxylation sites is 2. The van der Waals surface area contributed by atoms with Gasteiger partial charge in [-0.15, -0.1) is 0 Å². The van der Waals surface area contributed by atoms with Crippen molar-refractivity contribution < 1.29 is 0 Å². The fourth-order valence-electron chi connectivity index (χ4n) is 21.7. The van der Waals surface area contributed by atoms with Gasteiger partial charge >= 0.3 is 0 Å². The van der Waals surface area contributed by atoms with Gasteiger partial charge in [-0.2, -0.15) is 0 Å². The molecule has 0 fully saturated rings. The van der Waals surface area contributed by atoms with Gasteiger partial charge in [0.1, 0.15) is 0 Å². The molecule has 0 aliphatic carbocycles. The van der Waals surface area contributed by atoms with E-state index in [-0.39, 0.29) is 0 Å². The molecule has 0 saturated carbocycles. The summed E-state index contributed by atoms with van der Waals surface area (Å²) in [5.41, 5.74) is 10.8. The van der Waals surface area contributed by atoms with E-state index >= 15 is 0 Å². The maximum atomic E-state index is 2.61. The molecule has 0 radical (unpaired) electrons. The van der Waals surface area contributed by atoms with Crippen LogP contribution in [0.3, 0.4) is 0 Å². The Morgan fingerprint density at radius 2 is 0.295 bits per heavy atom. The first-order chi connectivity index (χ1) is 65.5. The van der Waals surface area contributed by atoms with E-state index in [0.29, 0.717) is 0 Å². The normalized spacial score (nSPS) is 11.8. The van der Waals surface area contributed by atoms with Gasteiger partial charge in [-0.05, 0) is 164 Å². The van der Waals surface area contributed by atoms with Crippen molar-refractivity contribution in [2.24, 2.45) is 0 Å². The highest BCUT2D eigenvalue weighted by Crippen LogP contribution is 2.51. The van der Waals surface area contributed by atoms with Crippen LogP contribution >= 0.6 is 0 Å². The smallest absolute Gasteiger partial charge is 0.179 e. The number of rotatable bonds is 24. The zero-order valence-corrected chi connectivity index (χ0v) is 77.2. The predicted octanol–water partition coefficient (Wildman–Crippen LogP) is 20.9. The Labute approximate surface area is 778 Å². The van der Waals surface area contributed by atoms with Crippen LogP contribution < -0.4 is 92.8 Å². The Bertz CT molecular complexity index is 6910. The maximum absolute atomic E-state index is 3.14. The molecule has 2 nitrogen and oxygen atoms in total. The van der Waals surface area contributed by atoms with E-state index in [1.165, 1.54) is 83.0 Å². The van der Waals surface area contributed by atoms with Crippen LogP contribution in [0.4, 0.5) is 34.1 Å². The number of anilines is 6. The van der Waals surface area contributed by atoms with Crippen LogP contribution in [0.25, 0.3) is 54.6 Å². The van der Waals surface area contributed by atoms with Gasteiger partial charge in [0.15, 0.2) is 32.3 Å². The molecule has 22 rings (SSSR count). The first-order valence-electron chi connectivity index (χ1n) is 45.8. The summed E-state index contributed by atoms with van der Waals surface area (Å²) >= 11 is 0. The Morgan fingerprint density at radius 3 is 0.530 bits per heavy atom. The highest BCUT2D eigenvalue weighted by molar-refractivity contribution is 7.22. The molecular weight excluding hydrogens is 1650 g/mol. The minimum atomic E-state index is -3.14.